The number of aliphatic hydroxyl groups excluding tert-OH is 1. The van der Waals surface area contributed by atoms with Crippen LogP contribution in [0.1, 0.15) is 30.5 Å². The van der Waals surface area contributed by atoms with Gasteiger partial charge in [0.25, 0.3) is 0 Å². The molecule has 1 amide bonds. The second kappa shape index (κ2) is 8.72. The van der Waals surface area contributed by atoms with Crippen molar-refractivity contribution in [1.29, 1.82) is 0 Å². The van der Waals surface area contributed by atoms with E-state index in [-0.39, 0.29) is 18.3 Å². The molecule has 0 saturated carbocycles. The minimum atomic E-state index is -0.814. The van der Waals surface area contributed by atoms with Crippen LogP contribution in [-0.2, 0) is 24.0 Å². The van der Waals surface area contributed by atoms with Crippen molar-refractivity contribution in [2.75, 3.05) is 6.61 Å². The molecule has 0 aliphatic heterocycles. The van der Waals surface area contributed by atoms with Crippen LogP contribution in [0.25, 0.3) is 0 Å². The van der Waals surface area contributed by atoms with Crippen LogP contribution in [0.4, 0.5) is 4.79 Å². The molecule has 2 aromatic carbocycles. The number of aromatic hydroxyl groups is 1. The van der Waals surface area contributed by atoms with Crippen molar-refractivity contribution >= 4 is 6.09 Å². The number of phenols is 1. The average Bonchev–Trinajstić information content (AvgIpc) is 2.56. The zero-order chi connectivity index (χ0) is 19.2. The normalized spacial score (nSPS) is 12.6. The summed E-state index contributed by atoms with van der Waals surface area (Å²) >= 11 is 0. The third kappa shape index (κ3) is 5.49. The number of aliphatic hydroxyl groups is 1. The van der Waals surface area contributed by atoms with Crippen molar-refractivity contribution in [2.45, 2.75) is 38.7 Å². The Kier molecular flexibility index (Phi) is 6.64. The van der Waals surface area contributed by atoms with E-state index < -0.39 is 11.7 Å². The smallest absolute Gasteiger partial charge is 0.405 e. The van der Waals surface area contributed by atoms with Crippen LogP contribution >= 0.6 is 0 Å². The van der Waals surface area contributed by atoms with E-state index in [9.17, 15) is 9.90 Å². The van der Waals surface area contributed by atoms with Crippen LogP contribution in [0.5, 0.6) is 5.75 Å². The maximum Gasteiger partial charge on any atom is 0.405 e. The Hall–Kier alpha value is -2.53. The van der Waals surface area contributed by atoms with Gasteiger partial charge in [0.15, 0.2) is 0 Å². The number of hydrogen-bond donors (Lipinski definition) is 3. The minimum absolute atomic E-state index is 0.0901. The Morgan fingerprint density at radius 3 is 2.46 bits per heavy atom. The first kappa shape index (κ1) is 19.8. The number of ether oxygens (including phenoxy) is 1. The summed E-state index contributed by atoms with van der Waals surface area (Å²) in [6, 6.07) is 15.2. The third-order valence-electron chi connectivity index (χ3n) is 4.68. The SMILES string of the molecule is CC(C)(OC(N)=O)C(Cc1cccc(CCO)c1)Cc1ccccc1O. The zero-order valence-electron chi connectivity index (χ0n) is 15.3. The van der Waals surface area contributed by atoms with Gasteiger partial charge in [-0.25, -0.2) is 4.79 Å². The van der Waals surface area contributed by atoms with Crippen LogP contribution in [-0.4, -0.2) is 28.5 Å². The maximum absolute atomic E-state index is 11.4. The summed E-state index contributed by atoms with van der Waals surface area (Å²) in [5.74, 6) is 0.133. The Balaban J connectivity index is 2.29. The number of para-hydroxylation sites is 1. The molecule has 2 aromatic rings. The van der Waals surface area contributed by atoms with Crippen LogP contribution in [0, 0.1) is 5.92 Å². The van der Waals surface area contributed by atoms with Crippen molar-refractivity contribution in [2.24, 2.45) is 11.7 Å². The molecule has 0 heterocycles. The third-order valence-corrected chi connectivity index (χ3v) is 4.68. The minimum Gasteiger partial charge on any atom is -0.508 e. The highest BCUT2D eigenvalue weighted by molar-refractivity contribution is 5.65. The van der Waals surface area contributed by atoms with Crippen molar-refractivity contribution in [3.8, 4) is 5.75 Å². The Morgan fingerprint density at radius 2 is 1.81 bits per heavy atom. The Labute approximate surface area is 154 Å². The van der Waals surface area contributed by atoms with E-state index in [0.717, 1.165) is 16.7 Å². The molecule has 0 aliphatic carbocycles. The molecular formula is C21H27NO4. The predicted octanol–water partition coefficient (Wildman–Crippen LogP) is 3.20. The largest absolute Gasteiger partial charge is 0.508 e. The van der Waals surface area contributed by atoms with E-state index in [4.69, 9.17) is 15.6 Å². The van der Waals surface area contributed by atoms with Crippen molar-refractivity contribution < 1.29 is 19.7 Å². The number of carbonyl (C=O) groups excluding carboxylic acids is 1. The van der Waals surface area contributed by atoms with Crippen molar-refractivity contribution in [3.63, 3.8) is 0 Å². The van der Waals surface area contributed by atoms with Gasteiger partial charge in [-0.2, -0.15) is 0 Å². The molecule has 0 radical (unpaired) electrons. The Bertz CT molecular complexity index is 742. The summed E-state index contributed by atoms with van der Waals surface area (Å²) in [5, 5.41) is 19.3. The van der Waals surface area contributed by atoms with E-state index in [1.165, 1.54) is 0 Å². The molecular weight excluding hydrogens is 330 g/mol. The molecule has 0 aliphatic rings. The monoisotopic (exact) mass is 357 g/mol. The standard InChI is InChI=1S/C21H27NO4/c1-21(2,26-20(22)25)18(14-17-8-3-4-9-19(17)24)13-16-7-5-6-15(12-16)10-11-23/h3-9,12,18,23-24H,10-11,13-14H2,1-2H3,(H2,22,25). The molecule has 26 heavy (non-hydrogen) atoms. The van der Waals surface area contributed by atoms with Gasteiger partial charge < -0.3 is 20.7 Å². The highest BCUT2D eigenvalue weighted by atomic mass is 16.6. The second-order valence-electron chi connectivity index (χ2n) is 7.05. The number of primary amides is 1. The average molecular weight is 357 g/mol. The highest BCUT2D eigenvalue weighted by Crippen LogP contribution is 2.31. The zero-order valence-corrected chi connectivity index (χ0v) is 15.3. The van der Waals surface area contributed by atoms with Crippen LogP contribution in [0.15, 0.2) is 48.5 Å². The Morgan fingerprint density at radius 1 is 1.12 bits per heavy atom. The fourth-order valence-corrected chi connectivity index (χ4v) is 3.18. The van der Waals surface area contributed by atoms with E-state index in [1.807, 2.05) is 44.2 Å². The van der Waals surface area contributed by atoms with Gasteiger partial charge in [-0.1, -0.05) is 42.5 Å². The molecule has 0 bridgehead atoms. The molecule has 1 atom stereocenters. The molecule has 4 N–H and O–H groups in total. The van der Waals surface area contributed by atoms with E-state index >= 15 is 0 Å². The molecule has 5 nitrogen and oxygen atoms in total. The molecule has 0 spiro atoms. The molecule has 0 fully saturated rings. The van der Waals surface area contributed by atoms with Crippen molar-refractivity contribution in [3.05, 3.63) is 65.2 Å². The van der Waals surface area contributed by atoms with Crippen LogP contribution in [0.3, 0.4) is 0 Å². The first-order valence-corrected chi connectivity index (χ1v) is 8.76. The number of nitrogens with two attached hydrogens (primary N) is 1. The van der Waals surface area contributed by atoms with Crippen LogP contribution < -0.4 is 5.73 Å². The number of carbonyl (C=O) groups is 1. The number of hydrogen-bond acceptors (Lipinski definition) is 4. The lowest BCUT2D eigenvalue weighted by atomic mass is 9.80. The molecule has 0 aromatic heterocycles. The maximum atomic E-state index is 11.4. The lowest BCUT2D eigenvalue weighted by molar-refractivity contribution is -0.00153. The van der Waals surface area contributed by atoms with Gasteiger partial charge in [0.2, 0.25) is 0 Å². The van der Waals surface area contributed by atoms with Gasteiger partial charge in [-0.15, -0.1) is 0 Å². The number of phenolic OH excluding ortho intramolecular Hbond substituents is 1. The quantitative estimate of drug-likeness (QED) is 0.676. The predicted molar refractivity (Wildman–Crippen MR) is 101 cm³/mol. The molecule has 1 unspecified atom stereocenters. The summed E-state index contributed by atoms with van der Waals surface area (Å²) in [7, 11) is 0. The fourth-order valence-electron chi connectivity index (χ4n) is 3.18. The van der Waals surface area contributed by atoms with E-state index in [0.29, 0.717) is 19.3 Å². The van der Waals surface area contributed by atoms with Crippen LogP contribution in [0.2, 0.25) is 0 Å². The van der Waals surface area contributed by atoms with Gasteiger partial charge in [-0.05, 0) is 55.9 Å². The van der Waals surface area contributed by atoms with E-state index in [1.54, 1.807) is 12.1 Å². The van der Waals surface area contributed by atoms with Gasteiger partial charge in [0, 0.05) is 12.5 Å². The first-order chi connectivity index (χ1) is 12.3. The van der Waals surface area contributed by atoms with Gasteiger partial charge in [-0.3, -0.25) is 0 Å². The lowest BCUT2D eigenvalue weighted by Gasteiger charge is -2.34. The van der Waals surface area contributed by atoms with E-state index in [2.05, 4.69) is 6.07 Å². The lowest BCUT2D eigenvalue weighted by Crippen LogP contribution is -2.40. The van der Waals surface area contributed by atoms with Crippen molar-refractivity contribution in [1.82, 2.24) is 0 Å². The summed E-state index contributed by atoms with van der Waals surface area (Å²) in [6.45, 7) is 3.76. The number of benzene rings is 2. The van der Waals surface area contributed by atoms with Gasteiger partial charge in [0.1, 0.15) is 11.4 Å². The topological polar surface area (TPSA) is 92.8 Å². The molecule has 5 heteroatoms. The van der Waals surface area contributed by atoms with Gasteiger partial charge >= 0.3 is 6.09 Å². The first-order valence-electron chi connectivity index (χ1n) is 8.76. The summed E-state index contributed by atoms with van der Waals surface area (Å²) in [6.07, 6.45) is 0.968. The fraction of sp³-hybridized carbons (Fsp3) is 0.381. The van der Waals surface area contributed by atoms with Gasteiger partial charge in [0.05, 0.1) is 0 Å². The molecule has 0 saturated heterocycles. The highest BCUT2D eigenvalue weighted by Gasteiger charge is 2.33. The summed E-state index contributed by atoms with van der Waals surface area (Å²) in [4.78, 5) is 11.4. The summed E-state index contributed by atoms with van der Waals surface area (Å²) < 4.78 is 5.38. The number of rotatable bonds is 8. The molecule has 2 rings (SSSR count). The molecule has 140 valence electrons. The summed E-state index contributed by atoms with van der Waals surface area (Å²) in [5.41, 5.74) is 7.39. The number of amides is 1. The second-order valence-corrected chi connectivity index (χ2v) is 7.05.